The molecule has 1 N–H and O–H groups in total. The van der Waals surface area contributed by atoms with Crippen LogP contribution in [0.4, 0.5) is 0 Å². The smallest absolute Gasteiger partial charge is 0.362 e. The number of Topliss-reactive ketones (excluding diaryl/α,β-unsaturated/α-hetero) is 1. The summed E-state index contributed by atoms with van der Waals surface area (Å²) in [4.78, 5) is 12.3. The molecule has 0 spiro atoms. The second-order valence-corrected chi connectivity index (χ2v) is 8.73. The number of aryl methyl sites for hydroxylation is 1. The van der Waals surface area contributed by atoms with Crippen molar-refractivity contribution < 1.29 is 21.9 Å². The highest BCUT2D eigenvalue weighted by molar-refractivity contribution is 7.81. The van der Waals surface area contributed by atoms with Gasteiger partial charge in [0.25, 0.3) is 0 Å². The second-order valence-electron chi connectivity index (χ2n) is 7.71. The summed E-state index contributed by atoms with van der Waals surface area (Å²) >= 11 is 0. The maximum atomic E-state index is 12.3. The second kappa shape index (κ2) is 5.30. The molecule has 0 saturated heterocycles. The number of hydrogen-bond donors (Lipinski definition) is 1. The van der Waals surface area contributed by atoms with Crippen LogP contribution in [0.3, 0.4) is 0 Å². The van der Waals surface area contributed by atoms with Crippen molar-refractivity contribution in [1.29, 1.82) is 0 Å². The third-order valence-corrected chi connectivity index (χ3v) is 7.01. The van der Waals surface area contributed by atoms with Crippen molar-refractivity contribution in [3.8, 4) is 5.75 Å². The van der Waals surface area contributed by atoms with Crippen LogP contribution in [0.25, 0.3) is 0 Å². The van der Waals surface area contributed by atoms with E-state index in [1.807, 2.05) is 6.07 Å². The zero-order valence-electron chi connectivity index (χ0n) is 13.7. The van der Waals surface area contributed by atoms with Gasteiger partial charge in [-0.25, -0.2) is 0 Å². The molecule has 130 valence electrons. The first-order chi connectivity index (χ1) is 11.3. The van der Waals surface area contributed by atoms with E-state index in [-0.39, 0.29) is 11.2 Å². The van der Waals surface area contributed by atoms with Crippen molar-refractivity contribution >= 4 is 16.2 Å². The minimum Gasteiger partial charge on any atom is -0.362 e. The largest absolute Gasteiger partial charge is 0.446 e. The van der Waals surface area contributed by atoms with Crippen LogP contribution in [0, 0.1) is 17.3 Å². The fourth-order valence-electron chi connectivity index (χ4n) is 5.50. The molecule has 2 saturated carbocycles. The van der Waals surface area contributed by atoms with E-state index < -0.39 is 10.4 Å². The Labute approximate surface area is 142 Å². The van der Waals surface area contributed by atoms with Crippen molar-refractivity contribution in [3.05, 3.63) is 29.3 Å². The molecular weight excluding hydrogens is 328 g/mol. The Balaban J connectivity index is 1.65. The summed E-state index contributed by atoms with van der Waals surface area (Å²) in [6.07, 6.45) is 5.57. The van der Waals surface area contributed by atoms with E-state index in [9.17, 15) is 13.2 Å². The zero-order valence-corrected chi connectivity index (χ0v) is 14.5. The lowest BCUT2D eigenvalue weighted by atomic mass is 9.55. The normalized spacial score (nSPS) is 35.1. The fraction of sp³-hybridized carbons (Fsp3) is 0.611. The van der Waals surface area contributed by atoms with E-state index >= 15 is 0 Å². The molecule has 0 bridgehead atoms. The lowest BCUT2D eigenvalue weighted by Crippen LogP contribution is -2.42. The molecular formula is C18H22O5S. The maximum absolute atomic E-state index is 12.3. The number of ketones is 1. The van der Waals surface area contributed by atoms with Gasteiger partial charge < -0.3 is 4.18 Å². The number of hydrogen-bond acceptors (Lipinski definition) is 4. The van der Waals surface area contributed by atoms with Gasteiger partial charge in [-0.2, -0.15) is 8.42 Å². The molecule has 6 heteroatoms. The first kappa shape index (κ1) is 16.1. The lowest BCUT2D eigenvalue weighted by molar-refractivity contribution is -0.129. The highest BCUT2D eigenvalue weighted by Crippen LogP contribution is 2.59. The molecule has 4 rings (SSSR count). The summed E-state index contributed by atoms with van der Waals surface area (Å²) in [6, 6.07) is 5.28. The highest BCUT2D eigenvalue weighted by atomic mass is 32.3. The van der Waals surface area contributed by atoms with Gasteiger partial charge in [-0.05, 0) is 73.1 Å². The van der Waals surface area contributed by atoms with Gasteiger partial charge in [0.15, 0.2) is 0 Å². The molecule has 3 aliphatic rings. The number of rotatable bonds is 2. The van der Waals surface area contributed by atoms with Crippen LogP contribution >= 0.6 is 0 Å². The molecule has 2 fully saturated rings. The van der Waals surface area contributed by atoms with E-state index in [2.05, 4.69) is 11.1 Å². The van der Waals surface area contributed by atoms with Gasteiger partial charge in [-0.1, -0.05) is 13.0 Å². The number of carbonyl (C=O) groups excluding carboxylic acids is 1. The van der Waals surface area contributed by atoms with Crippen molar-refractivity contribution in [2.45, 2.75) is 51.4 Å². The average Bonchev–Trinajstić information content (AvgIpc) is 2.81. The van der Waals surface area contributed by atoms with Gasteiger partial charge in [0.1, 0.15) is 11.5 Å². The Bertz CT molecular complexity index is 800. The summed E-state index contributed by atoms with van der Waals surface area (Å²) < 4.78 is 35.2. The molecule has 1 aromatic carbocycles. The number of carbonyl (C=O) groups is 1. The molecule has 3 unspecified atom stereocenters. The van der Waals surface area contributed by atoms with Crippen LogP contribution in [-0.4, -0.2) is 18.8 Å². The third-order valence-electron chi connectivity index (χ3n) is 6.61. The Morgan fingerprint density at radius 1 is 1.21 bits per heavy atom. The van der Waals surface area contributed by atoms with Crippen molar-refractivity contribution in [2.75, 3.05) is 0 Å². The molecule has 0 heterocycles. The third kappa shape index (κ3) is 2.47. The topological polar surface area (TPSA) is 80.7 Å². The predicted octanol–water partition coefficient (Wildman–Crippen LogP) is 3.29. The summed E-state index contributed by atoms with van der Waals surface area (Å²) in [5.74, 6) is 2.05. The molecule has 0 amide bonds. The van der Waals surface area contributed by atoms with Gasteiger partial charge >= 0.3 is 10.4 Å². The summed E-state index contributed by atoms with van der Waals surface area (Å²) in [5, 5.41) is 0. The maximum Gasteiger partial charge on any atom is 0.446 e. The minimum atomic E-state index is -4.49. The van der Waals surface area contributed by atoms with E-state index in [0.29, 0.717) is 23.5 Å². The molecule has 0 radical (unpaired) electrons. The Kier molecular flexibility index (Phi) is 3.55. The fourth-order valence-corrected chi connectivity index (χ4v) is 5.85. The van der Waals surface area contributed by atoms with E-state index in [4.69, 9.17) is 4.55 Å². The van der Waals surface area contributed by atoms with Crippen LogP contribution < -0.4 is 4.18 Å². The predicted molar refractivity (Wildman–Crippen MR) is 88.2 cm³/mol. The molecule has 5 nitrogen and oxygen atoms in total. The van der Waals surface area contributed by atoms with Gasteiger partial charge in [-0.15, -0.1) is 0 Å². The average molecular weight is 350 g/mol. The Morgan fingerprint density at radius 2 is 2.00 bits per heavy atom. The Morgan fingerprint density at radius 3 is 2.75 bits per heavy atom. The molecule has 4 atom stereocenters. The standard InChI is InChI=1S/C18H22O5S/c1-18-9-8-14-13-5-3-12(23-24(20,21)22)10-11(13)2-4-15(14)16(18)6-7-17(18)19/h3,5,10,14-16H,2,4,6-9H2,1H3,(H,20,21,22)/t14?,15?,16?,18-/m1/s1. The summed E-state index contributed by atoms with van der Waals surface area (Å²) in [5.41, 5.74) is 2.23. The van der Waals surface area contributed by atoms with Gasteiger partial charge in [0.05, 0.1) is 0 Å². The quantitative estimate of drug-likeness (QED) is 0.828. The lowest BCUT2D eigenvalue weighted by Gasteiger charge is -2.48. The monoisotopic (exact) mass is 350 g/mol. The first-order valence-corrected chi connectivity index (χ1v) is 9.97. The summed E-state index contributed by atoms with van der Waals surface area (Å²) in [7, 11) is -4.49. The van der Waals surface area contributed by atoms with Crippen molar-refractivity contribution in [1.82, 2.24) is 0 Å². The first-order valence-electron chi connectivity index (χ1n) is 8.61. The van der Waals surface area contributed by atoms with E-state index in [1.54, 1.807) is 12.1 Å². The highest BCUT2D eigenvalue weighted by Gasteiger charge is 2.54. The molecule has 3 aliphatic carbocycles. The van der Waals surface area contributed by atoms with Gasteiger partial charge in [0, 0.05) is 11.8 Å². The van der Waals surface area contributed by atoms with Crippen LogP contribution in [0.5, 0.6) is 5.75 Å². The molecule has 1 aromatic rings. The molecule has 0 aromatic heterocycles. The molecule has 24 heavy (non-hydrogen) atoms. The molecule has 0 aliphatic heterocycles. The van der Waals surface area contributed by atoms with E-state index in [1.165, 1.54) is 5.56 Å². The Hall–Kier alpha value is -1.40. The van der Waals surface area contributed by atoms with Crippen molar-refractivity contribution in [2.24, 2.45) is 17.3 Å². The van der Waals surface area contributed by atoms with Gasteiger partial charge in [0.2, 0.25) is 0 Å². The van der Waals surface area contributed by atoms with Gasteiger partial charge in [-0.3, -0.25) is 9.35 Å². The number of fused-ring (bicyclic) bond motifs is 5. The summed E-state index contributed by atoms with van der Waals surface area (Å²) in [6.45, 7) is 2.15. The van der Waals surface area contributed by atoms with Crippen LogP contribution in [-0.2, 0) is 21.6 Å². The minimum absolute atomic E-state index is 0.132. The van der Waals surface area contributed by atoms with Crippen LogP contribution in [0.15, 0.2) is 18.2 Å². The van der Waals surface area contributed by atoms with Crippen LogP contribution in [0.1, 0.15) is 56.1 Å². The van der Waals surface area contributed by atoms with Crippen molar-refractivity contribution in [3.63, 3.8) is 0 Å². The number of benzene rings is 1. The van der Waals surface area contributed by atoms with E-state index in [0.717, 1.165) is 44.1 Å². The zero-order chi connectivity index (χ0) is 17.1. The SMILES string of the molecule is C[C@@]12CCC3c4ccc(OS(=O)(=O)O)cc4CCC3C1CCC2=O. The van der Waals surface area contributed by atoms with Crippen LogP contribution in [0.2, 0.25) is 0 Å².